The highest BCUT2D eigenvalue weighted by Crippen LogP contribution is 2.26. The molecule has 1 aromatic heterocycles. The van der Waals surface area contributed by atoms with Crippen molar-refractivity contribution >= 4 is 28.9 Å². The van der Waals surface area contributed by atoms with E-state index in [0.29, 0.717) is 11.8 Å². The predicted molar refractivity (Wildman–Crippen MR) is 71.4 cm³/mol. The fourth-order valence-electron chi connectivity index (χ4n) is 1.45. The summed E-state index contributed by atoms with van der Waals surface area (Å²) < 4.78 is 26.4. The molecular formula is C12H9ClF2N4O. The van der Waals surface area contributed by atoms with E-state index in [2.05, 4.69) is 15.7 Å². The monoisotopic (exact) mass is 298 g/mol. The zero-order valence-electron chi connectivity index (χ0n) is 9.95. The summed E-state index contributed by atoms with van der Waals surface area (Å²) >= 11 is 5.67. The molecule has 1 heterocycles. The molecule has 0 bridgehead atoms. The molecule has 0 fully saturated rings. The van der Waals surface area contributed by atoms with Gasteiger partial charge in [0.1, 0.15) is 11.5 Å². The van der Waals surface area contributed by atoms with E-state index in [1.54, 1.807) is 0 Å². The SMILES string of the molecule is NNc1ccc(C(=O)Nc2c(F)cc(F)cc2Cl)nc1. The standard InChI is InChI=1S/C12H9ClF2N4O/c13-8-3-6(14)4-9(15)11(8)18-12(20)10-2-1-7(19-16)5-17-10/h1-5,19H,16H2,(H,18,20). The lowest BCUT2D eigenvalue weighted by Gasteiger charge is -2.08. The van der Waals surface area contributed by atoms with Gasteiger partial charge < -0.3 is 10.7 Å². The summed E-state index contributed by atoms with van der Waals surface area (Å²) in [6.45, 7) is 0. The van der Waals surface area contributed by atoms with Gasteiger partial charge in [0.25, 0.3) is 5.91 Å². The Kier molecular flexibility index (Phi) is 4.11. The molecule has 0 aliphatic carbocycles. The van der Waals surface area contributed by atoms with Crippen LogP contribution in [0.4, 0.5) is 20.2 Å². The second-order valence-corrected chi connectivity index (χ2v) is 4.18. The molecule has 0 spiro atoms. The Morgan fingerprint density at radius 3 is 2.60 bits per heavy atom. The van der Waals surface area contributed by atoms with Crippen LogP contribution in [-0.2, 0) is 0 Å². The van der Waals surface area contributed by atoms with Crippen molar-refractivity contribution in [3.63, 3.8) is 0 Å². The highest BCUT2D eigenvalue weighted by molar-refractivity contribution is 6.33. The number of nitrogen functional groups attached to an aromatic ring is 1. The summed E-state index contributed by atoms with van der Waals surface area (Å²) in [4.78, 5) is 15.7. The molecule has 5 nitrogen and oxygen atoms in total. The Bertz CT molecular complexity index is 625. The number of nitrogens with one attached hydrogen (secondary N) is 2. The summed E-state index contributed by atoms with van der Waals surface area (Å²) in [5.74, 6) is 2.68. The van der Waals surface area contributed by atoms with E-state index >= 15 is 0 Å². The topological polar surface area (TPSA) is 80.0 Å². The Hall–Kier alpha value is -2.25. The Labute approximate surface area is 117 Å². The molecule has 0 saturated carbocycles. The van der Waals surface area contributed by atoms with Crippen LogP contribution in [0.25, 0.3) is 0 Å². The average Bonchev–Trinajstić information content (AvgIpc) is 2.42. The van der Waals surface area contributed by atoms with Gasteiger partial charge in [-0.05, 0) is 18.2 Å². The number of rotatable bonds is 3. The maximum atomic E-state index is 13.5. The molecule has 0 unspecified atom stereocenters. The van der Waals surface area contributed by atoms with Gasteiger partial charge in [0.2, 0.25) is 0 Å². The molecule has 1 amide bonds. The van der Waals surface area contributed by atoms with Gasteiger partial charge in [0.15, 0.2) is 5.82 Å². The molecule has 1 aromatic carbocycles. The number of carbonyl (C=O) groups excluding carboxylic acids is 1. The summed E-state index contributed by atoms with van der Waals surface area (Å²) in [7, 11) is 0. The largest absolute Gasteiger partial charge is 0.323 e. The third-order valence-corrected chi connectivity index (χ3v) is 2.71. The molecule has 0 aliphatic rings. The van der Waals surface area contributed by atoms with Gasteiger partial charge in [-0.15, -0.1) is 0 Å². The van der Waals surface area contributed by atoms with E-state index in [1.165, 1.54) is 18.3 Å². The number of aromatic nitrogens is 1. The number of hydrogen-bond acceptors (Lipinski definition) is 4. The van der Waals surface area contributed by atoms with Crippen molar-refractivity contribution < 1.29 is 13.6 Å². The minimum absolute atomic E-state index is 0.0313. The lowest BCUT2D eigenvalue weighted by molar-refractivity contribution is 0.102. The molecule has 0 aliphatic heterocycles. The first-order valence-corrected chi connectivity index (χ1v) is 5.77. The lowest BCUT2D eigenvalue weighted by Crippen LogP contribution is -2.15. The first kappa shape index (κ1) is 14.2. The van der Waals surface area contributed by atoms with Gasteiger partial charge in [0.05, 0.1) is 22.6 Å². The second-order valence-electron chi connectivity index (χ2n) is 3.78. The first-order chi connectivity index (χ1) is 9.51. The number of carbonyl (C=O) groups is 1. The highest BCUT2D eigenvalue weighted by Gasteiger charge is 2.15. The Morgan fingerprint density at radius 2 is 2.05 bits per heavy atom. The number of anilines is 2. The van der Waals surface area contributed by atoms with Crippen LogP contribution in [0.1, 0.15) is 10.5 Å². The van der Waals surface area contributed by atoms with Crippen molar-refractivity contribution in [1.82, 2.24) is 4.98 Å². The van der Waals surface area contributed by atoms with Gasteiger partial charge in [0, 0.05) is 6.07 Å². The van der Waals surface area contributed by atoms with Gasteiger partial charge in [-0.2, -0.15) is 0 Å². The van der Waals surface area contributed by atoms with Crippen LogP contribution in [0.15, 0.2) is 30.5 Å². The van der Waals surface area contributed by atoms with Crippen molar-refractivity contribution in [1.29, 1.82) is 0 Å². The zero-order valence-corrected chi connectivity index (χ0v) is 10.7. The first-order valence-electron chi connectivity index (χ1n) is 5.40. The molecule has 8 heteroatoms. The molecular weight excluding hydrogens is 290 g/mol. The molecule has 0 atom stereocenters. The summed E-state index contributed by atoms with van der Waals surface area (Å²) in [5.41, 5.74) is 2.58. The van der Waals surface area contributed by atoms with Gasteiger partial charge >= 0.3 is 0 Å². The molecule has 20 heavy (non-hydrogen) atoms. The molecule has 4 N–H and O–H groups in total. The number of hydrogen-bond donors (Lipinski definition) is 3. The van der Waals surface area contributed by atoms with Crippen LogP contribution in [0.5, 0.6) is 0 Å². The van der Waals surface area contributed by atoms with Crippen molar-refractivity contribution in [3.05, 3.63) is 52.8 Å². The van der Waals surface area contributed by atoms with E-state index in [1.807, 2.05) is 0 Å². The number of benzene rings is 1. The van der Waals surface area contributed by atoms with Gasteiger partial charge in [-0.25, -0.2) is 13.8 Å². The quantitative estimate of drug-likeness (QED) is 0.601. The van der Waals surface area contributed by atoms with Crippen LogP contribution in [-0.4, -0.2) is 10.9 Å². The number of amides is 1. The molecule has 0 saturated heterocycles. The third kappa shape index (κ3) is 3.01. The van der Waals surface area contributed by atoms with E-state index in [9.17, 15) is 13.6 Å². The fraction of sp³-hybridized carbons (Fsp3) is 0. The number of pyridine rings is 1. The van der Waals surface area contributed by atoms with Crippen LogP contribution >= 0.6 is 11.6 Å². The maximum absolute atomic E-state index is 13.5. The highest BCUT2D eigenvalue weighted by atomic mass is 35.5. The Morgan fingerprint density at radius 1 is 1.30 bits per heavy atom. The molecule has 2 aromatic rings. The minimum atomic E-state index is -0.969. The van der Waals surface area contributed by atoms with Crippen LogP contribution in [0, 0.1) is 11.6 Å². The fourth-order valence-corrected chi connectivity index (χ4v) is 1.69. The van der Waals surface area contributed by atoms with Crippen LogP contribution < -0.4 is 16.6 Å². The number of halogens is 3. The van der Waals surface area contributed by atoms with Crippen molar-refractivity contribution in [2.24, 2.45) is 5.84 Å². The molecule has 2 rings (SSSR count). The second kappa shape index (κ2) is 5.81. The van der Waals surface area contributed by atoms with Gasteiger partial charge in [-0.3, -0.25) is 10.6 Å². The van der Waals surface area contributed by atoms with Crippen molar-refractivity contribution in [2.75, 3.05) is 10.7 Å². The van der Waals surface area contributed by atoms with E-state index in [4.69, 9.17) is 17.4 Å². The molecule has 0 radical (unpaired) electrons. The number of nitrogens with two attached hydrogens (primary N) is 1. The summed E-state index contributed by atoms with van der Waals surface area (Å²) in [6, 6.07) is 4.43. The molecule has 104 valence electrons. The van der Waals surface area contributed by atoms with Crippen molar-refractivity contribution in [2.45, 2.75) is 0 Å². The van der Waals surface area contributed by atoms with Gasteiger partial charge in [-0.1, -0.05) is 11.6 Å². The van der Waals surface area contributed by atoms with E-state index < -0.39 is 17.5 Å². The minimum Gasteiger partial charge on any atom is -0.323 e. The Balaban J connectivity index is 2.23. The predicted octanol–water partition coefficient (Wildman–Crippen LogP) is 2.55. The third-order valence-electron chi connectivity index (χ3n) is 2.41. The van der Waals surface area contributed by atoms with E-state index in [0.717, 1.165) is 6.07 Å². The summed E-state index contributed by atoms with van der Waals surface area (Å²) in [5, 5.41) is 1.99. The number of hydrazine groups is 1. The maximum Gasteiger partial charge on any atom is 0.274 e. The normalized spacial score (nSPS) is 10.2. The average molecular weight is 299 g/mol. The zero-order chi connectivity index (χ0) is 14.7. The smallest absolute Gasteiger partial charge is 0.274 e. The lowest BCUT2D eigenvalue weighted by atomic mass is 10.2. The summed E-state index contributed by atoms with van der Waals surface area (Å²) in [6.07, 6.45) is 1.33. The van der Waals surface area contributed by atoms with E-state index in [-0.39, 0.29) is 16.4 Å². The van der Waals surface area contributed by atoms with Crippen LogP contribution in [0.3, 0.4) is 0 Å². The van der Waals surface area contributed by atoms with Crippen molar-refractivity contribution in [3.8, 4) is 0 Å². The number of nitrogens with zero attached hydrogens (tertiary/aromatic N) is 1. The van der Waals surface area contributed by atoms with Crippen LogP contribution in [0.2, 0.25) is 5.02 Å².